The van der Waals surface area contributed by atoms with Gasteiger partial charge in [0.05, 0.1) is 0 Å². The first-order valence-corrected chi connectivity index (χ1v) is 8.78. The van der Waals surface area contributed by atoms with Crippen LogP contribution in [0, 0.1) is 0 Å². The smallest absolute Gasteiger partial charge is 0.225 e. The molecule has 3 heterocycles. The third kappa shape index (κ3) is 2.94. The van der Waals surface area contributed by atoms with E-state index in [0.29, 0.717) is 12.1 Å². The summed E-state index contributed by atoms with van der Waals surface area (Å²) in [6.07, 6.45) is 4.11. The van der Waals surface area contributed by atoms with Gasteiger partial charge in [-0.05, 0) is 29.8 Å². The highest BCUT2D eigenvalue weighted by Crippen LogP contribution is 2.39. The Labute approximate surface area is 148 Å². The summed E-state index contributed by atoms with van der Waals surface area (Å²) >= 11 is 1.55. The Morgan fingerprint density at radius 2 is 2.28 bits per heavy atom. The predicted octanol–water partition coefficient (Wildman–Crippen LogP) is 3.37. The Kier molecular flexibility index (Phi) is 3.85. The summed E-state index contributed by atoms with van der Waals surface area (Å²) in [4.78, 5) is 27.9. The van der Waals surface area contributed by atoms with E-state index in [1.54, 1.807) is 23.6 Å². The number of fused-ring (bicyclic) bond motifs is 1. The molecule has 1 aromatic carbocycles. The summed E-state index contributed by atoms with van der Waals surface area (Å²) in [7, 11) is 0. The van der Waals surface area contributed by atoms with Gasteiger partial charge in [0, 0.05) is 54.1 Å². The van der Waals surface area contributed by atoms with Gasteiger partial charge in [0.15, 0.2) is 5.13 Å². The fourth-order valence-corrected chi connectivity index (χ4v) is 3.84. The van der Waals surface area contributed by atoms with E-state index in [-0.39, 0.29) is 17.7 Å². The highest BCUT2D eigenvalue weighted by molar-refractivity contribution is 7.12. The van der Waals surface area contributed by atoms with Gasteiger partial charge in [0.25, 0.3) is 0 Å². The molecule has 0 aliphatic carbocycles. The van der Waals surface area contributed by atoms with E-state index in [1.807, 2.05) is 40.4 Å². The lowest BCUT2D eigenvalue weighted by Gasteiger charge is -2.27. The fraction of sp³-hybridized carbons (Fsp3) is 0.167. The topological polar surface area (TPSA) is 76.0 Å². The Morgan fingerprint density at radius 1 is 1.40 bits per heavy atom. The van der Waals surface area contributed by atoms with Crippen LogP contribution in [-0.2, 0) is 9.59 Å². The van der Waals surface area contributed by atoms with Gasteiger partial charge in [-0.15, -0.1) is 11.3 Å². The molecule has 126 valence electrons. The Hall–Kier alpha value is -2.93. The summed E-state index contributed by atoms with van der Waals surface area (Å²) in [6.45, 7) is 1.46. The number of aromatic nitrogens is 2. The maximum atomic E-state index is 12.2. The van der Waals surface area contributed by atoms with Crippen LogP contribution >= 0.6 is 11.3 Å². The van der Waals surface area contributed by atoms with Crippen molar-refractivity contribution in [3.05, 3.63) is 59.4 Å². The van der Waals surface area contributed by atoms with E-state index in [4.69, 9.17) is 0 Å². The summed E-state index contributed by atoms with van der Waals surface area (Å²) in [6, 6.07) is 9.62. The number of rotatable bonds is 3. The van der Waals surface area contributed by atoms with Crippen molar-refractivity contribution in [2.24, 2.45) is 0 Å². The fourth-order valence-electron chi connectivity index (χ4n) is 3.20. The number of nitrogens with zero attached hydrogens (tertiary/aromatic N) is 2. The van der Waals surface area contributed by atoms with E-state index in [1.165, 1.54) is 6.92 Å². The highest BCUT2D eigenvalue weighted by atomic mass is 32.1. The number of amides is 2. The molecule has 6 nitrogen and oxygen atoms in total. The van der Waals surface area contributed by atoms with Crippen molar-refractivity contribution in [1.29, 1.82) is 0 Å². The van der Waals surface area contributed by atoms with Crippen LogP contribution in [0.5, 0.6) is 0 Å². The second-order valence-corrected chi connectivity index (χ2v) is 6.78. The largest absolute Gasteiger partial charge is 0.326 e. The molecule has 2 amide bonds. The molecule has 0 bridgehead atoms. The van der Waals surface area contributed by atoms with Gasteiger partial charge >= 0.3 is 0 Å². The quantitative estimate of drug-likeness (QED) is 0.759. The molecule has 1 unspecified atom stereocenters. The summed E-state index contributed by atoms with van der Waals surface area (Å²) in [5, 5.41) is 8.46. The summed E-state index contributed by atoms with van der Waals surface area (Å²) in [5.41, 5.74) is 3.46. The molecule has 7 heteroatoms. The van der Waals surface area contributed by atoms with E-state index in [0.717, 1.165) is 22.1 Å². The van der Waals surface area contributed by atoms with Crippen LogP contribution in [0.15, 0.2) is 48.1 Å². The molecular formula is C18H16N4O2S. The van der Waals surface area contributed by atoms with Gasteiger partial charge in [-0.25, -0.2) is 4.98 Å². The number of thiazole rings is 1. The van der Waals surface area contributed by atoms with Gasteiger partial charge in [-0.2, -0.15) is 0 Å². The highest BCUT2D eigenvalue weighted by Gasteiger charge is 2.29. The number of hydrogen-bond acceptors (Lipinski definition) is 4. The zero-order valence-corrected chi connectivity index (χ0v) is 14.3. The van der Waals surface area contributed by atoms with Crippen LogP contribution in [0.25, 0.3) is 5.13 Å². The molecule has 0 saturated heterocycles. The average Bonchev–Trinajstić information content (AvgIpc) is 3.24. The predicted molar refractivity (Wildman–Crippen MR) is 97.3 cm³/mol. The molecule has 1 atom stereocenters. The first-order valence-electron chi connectivity index (χ1n) is 7.90. The third-order valence-electron chi connectivity index (χ3n) is 4.18. The molecule has 25 heavy (non-hydrogen) atoms. The van der Waals surface area contributed by atoms with Crippen LogP contribution < -0.4 is 10.6 Å². The van der Waals surface area contributed by atoms with E-state index in [9.17, 15) is 9.59 Å². The zero-order valence-electron chi connectivity index (χ0n) is 13.5. The van der Waals surface area contributed by atoms with Crippen molar-refractivity contribution in [2.45, 2.75) is 19.3 Å². The average molecular weight is 352 g/mol. The van der Waals surface area contributed by atoms with Gasteiger partial charge < -0.3 is 10.6 Å². The Morgan fingerprint density at radius 3 is 3.04 bits per heavy atom. The Bertz CT molecular complexity index is 946. The number of hydrogen-bond donors (Lipinski definition) is 2. The number of anilines is 2. The van der Waals surface area contributed by atoms with E-state index >= 15 is 0 Å². The van der Waals surface area contributed by atoms with Gasteiger partial charge in [0.2, 0.25) is 11.8 Å². The Balaban J connectivity index is 1.77. The van der Waals surface area contributed by atoms with Crippen LogP contribution in [0.2, 0.25) is 0 Å². The van der Waals surface area contributed by atoms with Crippen LogP contribution in [0.1, 0.15) is 30.5 Å². The van der Waals surface area contributed by atoms with Crippen LogP contribution in [-0.4, -0.2) is 21.4 Å². The standard InChI is InChI=1S/C18H16N4O2S/c1-11(23)20-12-4-5-13-14(10-17(24)21-15(13)9-12)16-3-2-7-22(16)18-19-6-8-25-18/h2-9,14H,10H2,1H3,(H,20,23)(H,21,24). The molecule has 0 radical (unpaired) electrons. The molecule has 2 aromatic heterocycles. The molecule has 0 fully saturated rings. The number of nitrogens with one attached hydrogen (secondary N) is 2. The van der Waals surface area contributed by atoms with Gasteiger partial charge in [0.1, 0.15) is 0 Å². The second kappa shape index (κ2) is 6.18. The van der Waals surface area contributed by atoms with Crippen molar-refractivity contribution in [3.8, 4) is 5.13 Å². The van der Waals surface area contributed by atoms with Crippen LogP contribution in [0.3, 0.4) is 0 Å². The normalized spacial score (nSPS) is 16.2. The molecular weight excluding hydrogens is 336 g/mol. The first kappa shape index (κ1) is 15.6. The number of carbonyl (C=O) groups is 2. The lowest BCUT2D eigenvalue weighted by molar-refractivity contribution is -0.116. The summed E-state index contributed by atoms with van der Waals surface area (Å²) < 4.78 is 2.03. The van der Waals surface area contributed by atoms with E-state index < -0.39 is 0 Å². The molecule has 1 aliphatic heterocycles. The number of benzene rings is 1. The molecule has 1 aliphatic rings. The lowest BCUT2D eigenvalue weighted by atomic mass is 9.87. The first-order chi connectivity index (χ1) is 12.1. The van der Waals surface area contributed by atoms with Crippen molar-refractivity contribution in [1.82, 2.24) is 9.55 Å². The van der Waals surface area contributed by atoms with Gasteiger partial charge in [-0.1, -0.05) is 6.07 Å². The maximum absolute atomic E-state index is 12.2. The SMILES string of the molecule is CC(=O)Nc1ccc2c(c1)NC(=O)CC2c1cccn1-c1nccs1. The lowest BCUT2D eigenvalue weighted by Crippen LogP contribution is -2.25. The van der Waals surface area contributed by atoms with Crippen molar-refractivity contribution in [2.75, 3.05) is 10.6 Å². The third-order valence-corrected chi connectivity index (χ3v) is 4.95. The van der Waals surface area contributed by atoms with Crippen molar-refractivity contribution >= 4 is 34.5 Å². The van der Waals surface area contributed by atoms with Crippen LogP contribution in [0.4, 0.5) is 11.4 Å². The minimum Gasteiger partial charge on any atom is -0.326 e. The van der Waals surface area contributed by atoms with Crippen molar-refractivity contribution < 1.29 is 9.59 Å². The molecule has 3 aromatic rings. The van der Waals surface area contributed by atoms with Gasteiger partial charge in [-0.3, -0.25) is 14.2 Å². The van der Waals surface area contributed by atoms with Crippen molar-refractivity contribution in [3.63, 3.8) is 0 Å². The number of carbonyl (C=O) groups excluding carboxylic acids is 2. The second-order valence-electron chi connectivity index (χ2n) is 5.91. The molecule has 4 rings (SSSR count). The molecule has 0 spiro atoms. The maximum Gasteiger partial charge on any atom is 0.225 e. The molecule has 2 N–H and O–H groups in total. The summed E-state index contributed by atoms with van der Waals surface area (Å²) in [5.74, 6) is -0.241. The van der Waals surface area contributed by atoms with E-state index in [2.05, 4.69) is 15.6 Å². The zero-order chi connectivity index (χ0) is 17.4. The molecule has 0 saturated carbocycles. The minimum absolute atomic E-state index is 0.0376. The minimum atomic E-state index is -0.142. The monoisotopic (exact) mass is 352 g/mol.